The number of hydrogen-bond acceptors (Lipinski definition) is 4. The van der Waals surface area contributed by atoms with Crippen molar-refractivity contribution in [2.24, 2.45) is 4.99 Å². The first-order valence-electron chi connectivity index (χ1n) is 7.33. The number of aliphatic imine (C=N–C) groups is 1. The maximum atomic E-state index is 8.96. The highest BCUT2D eigenvalue weighted by Gasteiger charge is 2.20. The molecule has 0 bridgehead atoms. The fourth-order valence-corrected chi connectivity index (χ4v) is 2.88. The zero-order chi connectivity index (χ0) is 15.8. The highest BCUT2D eigenvalue weighted by atomic mass is 15.3. The van der Waals surface area contributed by atoms with Gasteiger partial charge in [0.25, 0.3) is 0 Å². The number of nitrogens with zero attached hydrogens (tertiary/aromatic N) is 5. The Bertz CT molecular complexity index is 958. The second-order valence-corrected chi connectivity index (χ2v) is 5.37. The molecule has 0 amide bonds. The van der Waals surface area contributed by atoms with Crippen molar-refractivity contribution < 1.29 is 0 Å². The van der Waals surface area contributed by atoms with E-state index in [1.54, 1.807) is 0 Å². The number of para-hydroxylation sites is 1. The molecule has 0 saturated carbocycles. The third kappa shape index (κ3) is 2.12. The topological polar surface area (TPSA) is 66.9 Å². The molecule has 2 aromatic carbocycles. The molecule has 0 spiro atoms. The lowest BCUT2D eigenvalue weighted by Crippen LogP contribution is -2.08. The smallest absolute Gasteiger partial charge is 0.159 e. The Hall–Kier alpha value is -3.26. The van der Waals surface area contributed by atoms with Gasteiger partial charge in [0.05, 0.1) is 23.0 Å². The number of fused-ring (bicyclic) bond motifs is 3. The van der Waals surface area contributed by atoms with Crippen molar-refractivity contribution in [1.82, 2.24) is 14.8 Å². The van der Waals surface area contributed by atoms with Crippen LogP contribution in [0.5, 0.6) is 0 Å². The molecular weight excluding hydrogens is 286 g/mol. The molecule has 0 aliphatic carbocycles. The summed E-state index contributed by atoms with van der Waals surface area (Å²) in [6.45, 7) is 2.42. The van der Waals surface area contributed by atoms with Gasteiger partial charge < -0.3 is 0 Å². The van der Waals surface area contributed by atoms with Crippen LogP contribution in [0.4, 0.5) is 0 Å². The maximum Gasteiger partial charge on any atom is 0.159 e. The van der Waals surface area contributed by atoms with Gasteiger partial charge in [0, 0.05) is 11.1 Å². The van der Waals surface area contributed by atoms with Crippen LogP contribution in [0.15, 0.2) is 53.5 Å². The number of nitriles is 1. The third-order valence-electron chi connectivity index (χ3n) is 3.96. The van der Waals surface area contributed by atoms with E-state index in [0.717, 1.165) is 34.2 Å². The van der Waals surface area contributed by atoms with Crippen molar-refractivity contribution >= 4 is 5.71 Å². The molecule has 0 unspecified atom stereocenters. The van der Waals surface area contributed by atoms with E-state index in [2.05, 4.69) is 33.0 Å². The van der Waals surface area contributed by atoms with Crippen LogP contribution < -0.4 is 0 Å². The normalized spacial score (nSPS) is 12.6. The molecular formula is C18H13N5. The highest BCUT2D eigenvalue weighted by Crippen LogP contribution is 2.25. The second kappa shape index (κ2) is 5.18. The summed E-state index contributed by atoms with van der Waals surface area (Å²) in [5.41, 5.74) is 4.62. The minimum Gasteiger partial charge on any atom is -0.281 e. The third-order valence-corrected chi connectivity index (χ3v) is 3.96. The minimum absolute atomic E-state index is 0.477. The fourth-order valence-electron chi connectivity index (χ4n) is 2.88. The number of rotatable bonds is 1. The predicted octanol–water partition coefficient (Wildman–Crippen LogP) is 2.80. The van der Waals surface area contributed by atoms with E-state index in [1.807, 2.05) is 43.3 Å². The van der Waals surface area contributed by atoms with Crippen LogP contribution in [0.1, 0.15) is 28.3 Å². The first-order valence-corrected chi connectivity index (χ1v) is 7.33. The zero-order valence-corrected chi connectivity index (χ0v) is 12.6. The molecule has 0 atom stereocenters. The number of hydrogen-bond donors (Lipinski definition) is 0. The van der Waals surface area contributed by atoms with Crippen molar-refractivity contribution in [3.05, 3.63) is 76.9 Å². The van der Waals surface area contributed by atoms with Gasteiger partial charge in [-0.05, 0) is 25.1 Å². The van der Waals surface area contributed by atoms with E-state index < -0.39 is 0 Å². The molecule has 3 aromatic rings. The van der Waals surface area contributed by atoms with E-state index in [0.29, 0.717) is 12.1 Å². The average Bonchev–Trinajstić information content (AvgIpc) is 2.88. The molecule has 5 nitrogen and oxygen atoms in total. The lowest BCUT2D eigenvalue weighted by molar-refractivity contribution is 0.862. The first kappa shape index (κ1) is 13.4. The molecule has 0 N–H and O–H groups in total. The Morgan fingerprint density at radius 2 is 1.83 bits per heavy atom. The molecule has 110 valence electrons. The van der Waals surface area contributed by atoms with Gasteiger partial charge in [-0.1, -0.05) is 30.3 Å². The molecule has 1 aliphatic rings. The highest BCUT2D eigenvalue weighted by molar-refractivity contribution is 6.15. The Balaban J connectivity index is 1.92. The van der Waals surface area contributed by atoms with Crippen LogP contribution in [-0.4, -0.2) is 20.5 Å². The quantitative estimate of drug-likeness (QED) is 0.694. The molecule has 1 aromatic heterocycles. The summed E-state index contributed by atoms with van der Waals surface area (Å²) >= 11 is 0. The second-order valence-electron chi connectivity index (χ2n) is 5.37. The van der Waals surface area contributed by atoms with Crippen molar-refractivity contribution in [1.29, 1.82) is 5.26 Å². The summed E-state index contributed by atoms with van der Waals surface area (Å²) in [4.78, 5) is 4.76. The summed E-state index contributed by atoms with van der Waals surface area (Å²) in [5, 5.41) is 17.4. The molecule has 1 aliphatic heterocycles. The van der Waals surface area contributed by atoms with Gasteiger partial charge in [-0.2, -0.15) is 5.26 Å². The zero-order valence-electron chi connectivity index (χ0n) is 12.6. The molecule has 23 heavy (non-hydrogen) atoms. The van der Waals surface area contributed by atoms with Crippen LogP contribution in [0.3, 0.4) is 0 Å². The van der Waals surface area contributed by atoms with Crippen LogP contribution >= 0.6 is 0 Å². The lowest BCUT2D eigenvalue weighted by atomic mass is 9.99. The van der Waals surface area contributed by atoms with Gasteiger partial charge in [0.2, 0.25) is 0 Å². The van der Waals surface area contributed by atoms with E-state index >= 15 is 0 Å². The van der Waals surface area contributed by atoms with Gasteiger partial charge >= 0.3 is 0 Å². The Labute approximate surface area is 133 Å². The average molecular weight is 299 g/mol. The van der Waals surface area contributed by atoms with E-state index in [1.165, 1.54) is 0 Å². The SMILES string of the molecule is Cc1nnc2n1-c1ccccc1C(c1ccc(C#N)cc1)=NC2. The number of aryl methyl sites for hydroxylation is 1. The maximum absolute atomic E-state index is 8.96. The molecule has 2 heterocycles. The van der Waals surface area contributed by atoms with E-state index in [4.69, 9.17) is 10.3 Å². The predicted molar refractivity (Wildman–Crippen MR) is 86.6 cm³/mol. The van der Waals surface area contributed by atoms with E-state index in [-0.39, 0.29) is 0 Å². The Morgan fingerprint density at radius 3 is 2.61 bits per heavy atom. The standard InChI is InChI=1S/C18H13N5/c1-12-21-22-17-11-20-18(14-8-6-13(10-19)7-9-14)15-4-2-3-5-16(15)23(12)17/h2-9H,11H2,1H3. The van der Waals surface area contributed by atoms with Crippen molar-refractivity contribution in [3.8, 4) is 11.8 Å². The minimum atomic E-state index is 0.477. The fraction of sp³-hybridized carbons (Fsp3) is 0.111. The summed E-state index contributed by atoms with van der Waals surface area (Å²) in [6, 6.07) is 17.8. The van der Waals surface area contributed by atoms with Gasteiger partial charge in [-0.25, -0.2) is 0 Å². The largest absolute Gasteiger partial charge is 0.281 e. The lowest BCUT2D eigenvalue weighted by Gasteiger charge is -2.12. The van der Waals surface area contributed by atoms with E-state index in [9.17, 15) is 0 Å². The van der Waals surface area contributed by atoms with Gasteiger partial charge in [-0.3, -0.25) is 9.56 Å². The Morgan fingerprint density at radius 1 is 1.04 bits per heavy atom. The summed E-state index contributed by atoms with van der Waals surface area (Å²) in [7, 11) is 0. The summed E-state index contributed by atoms with van der Waals surface area (Å²) < 4.78 is 2.05. The molecule has 4 rings (SSSR count). The monoisotopic (exact) mass is 299 g/mol. The molecule has 0 saturated heterocycles. The van der Waals surface area contributed by atoms with Gasteiger partial charge in [0.1, 0.15) is 12.4 Å². The first-order chi connectivity index (χ1) is 11.3. The van der Waals surface area contributed by atoms with Crippen LogP contribution in [0.25, 0.3) is 5.69 Å². The molecule has 0 fully saturated rings. The number of benzene rings is 2. The van der Waals surface area contributed by atoms with Crippen LogP contribution in [0, 0.1) is 18.3 Å². The van der Waals surface area contributed by atoms with Crippen molar-refractivity contribution in [2.75, 3.05) is 0 Å². The van der Waals surface area contributed by atoms with Crippen molar-refractivity contribution in [2.45, 2.75) is 13.5 Å². The van der Waals surface area contributed by atoms with Crippen LogP contribution in [0.2, 0.25) is 0 Å². The van der Waals surface area contributed by atoms with Gasteiger partial charge in [0.15, 0.2) is 5.82 Å². The van der Waals surface area contributed by atoms with Crippen molar-refractivity contribution in [3.63, 3.8) is 0 Å². The summed E-state index contributed by atoms with van der Waals surface area (Å²) in [5.74, 6) is 1.68. The van der Waals surface area contributed by atoms with Gasteiger partial charge in [-0.15, -0.1) is 10.2 Å². The summed E-state index contributed by atoms with van der Waals surface area (Å²) in [6.07, 6.45) is 0. The molecule has 0 radical (unpaired) electrons. The Kier molecular flexibility index (Phi) is 3.02. The van der Waals surface area contributed by atoms with Crippen LogP contribution in [-0.2, 0) is 6.54 Å². The molecule has 5 heteroatoms. The number of aromatic nitrogens is 3.